The first-order valence-electron chi connectivity index (χ1n) is 5.85. The number of carboxylic acid groups (broad SMARTS) is 1. The molecule has 1 heterocycles. The minimum absolute atomic E-state index is 0.843. The van der Waals surface area contributed by atoms with Crippen LogP contribution in [0.15, 0.2) is 18.2 Å². The van der Waals surface area contributed by atoms with Crippen LogP contribution in [-0.2, 0) is 10.5 Å². The zero-order valence-corrected chi connectivity index (χ0v) is 11.2. The van der Waals surface area contributed by atoms with Crippen LogP contribution >= 0.6 is 23.1 Å². The summed E-state index contributed by atoms with van der Waals surface area (Å²) in [6.45, 7) is 0. The van der Waals surface area contributed by atoms with Crippen molar-refractivity contribution in [3.8, 4) is 0 Å². The lowest BCUT2D eigenvalue weighted by molar-refractivity contribution is -0.131. The summed E-state index contributed by atoms with van der Waals surface area (Å²) in [5, 5.41) is 9.38. The standard InChI is InChI=1S/C13H16O2S2/c14-13(15)8-7-11-5-6-12(17-11)9-16-10-3-1-2-4-10/h5-8,10H,1-4,9H2,(H,14,15). The molecule has 4 heteroatoms. The Hall–Kier alpha value is -0.740. The summed E-state index contributed by atoms with van der Waals surface area (Å²) in [5.74, 6) is 0.177. The summed E-state index contributed by atoms with van der Waals surface area (Å²) in [7, 11) is 0. The number of carbonyl (C=O) groups is 1. The molecule has 0 unspecified atom stereocenters. The molecule has 2 nitrogen and oxygen atoms in total. The third-order valence-electron chi connectivity index (χ3n) is 2.84. The van der Waals surface area contributed by atoms with E-state index < -0.39 is 5.97 Å². The normalized spacial score (nSPS) is 16.9. The van der Waals surface area contributed by atoms with E-state index in [1.165, 1.54) is 36.6 Å². The maximum absolute atomic E-state index is 10.4. The Balaban J connectivity index is 1.83. The van der Waals surface area contributed by atoms with Gasteiger partial charge in [-0.05, 0) is 31.1 Å². The van der Waals surface area contributed by atoms with E-state index >= 15 is 0 Å². The second-order valence-electron chi connectivity index (χ2n) is 4.19. The van der Waals surface area contributed by atoms with Crippen LogP contribution in [-0.4, -0.2) is 16.3 Å². The molecule has 2 rings (SSSR count). The lowest BCUT2D eigenvalue weighted by atomic mass is 10.4. The van der Waals surface area contributed by atoms with Gasteiger partial charge in [-0.3, -0.25) is 0 Å². The van der Waals surface area contributed by atoms with Crippen LogP contribution in [0.5, 0.6) is 0 Å². The monoisotopic (exact) mass is 268 g/mol. The first-order valence-corrected chi connectivity index (χ1v) is 7.72. The van der Waals surface area contributed by atoms with Crippen molar-refractivity contribution in [2.24, 2.45) is 0 Å². The van der Waals surface area contributed by atoms with Crippen molar-refractivity contribution in [3.05, 3.63) is 28.0 Å². The smallest absolute Gasteiger partial charge is 0.328 e. The van der Waals surface area contributed by atoms with Crippen molar-refractivity contribution in [3.63, 3.8) is 0 Å². The van der Waals surface area contributed by atoms with Crippen LogP contribution in [0, 0.1) is 0 Å². The lowest BCUT2D eigenvalue weighted by Crippen LogP contribution is -1.93. The minimum Gasteiger partial charge on any atom is -0.478 e. The fourth-order valence-corrected chi connectivity index (χ4v) is 4.28. The second-order valence-corrected chi connectivity index (χ2v) is 6.68. The average Bonchev–Trinajstić information content (AvgIpc) is 2.95. The van der Waals surface area contributed by atoms with Gasteiger partial charge in [0.15, 0.2) is 0 Å². The van der Waals surface area contributed by atoms with Gasteiger partial charge in [0.2, 0.25) is 0 Å². The number of hydrogen-bond acceptors (Lipinski definition) is 3. The highest BCUT2D eigenvalue weighted by atomic mass is 32.2. The zero-order valence-electron chi connectivity index (χ0n) is 9.59. The first-order chi connectivity index (χ1) is 8.24. The molecule has 0 radical (unpaired) electrons. The summed E-state index contributed by atoms with van der Waals surface area (Å²) in [4.78, 5) is 12.8. The summed E-state index contributed by atoms with van der Waals surface area (Å²) < 4.78 is 0. The summed E-state index contributed by atoms with van der Waals surface area (Å²) in [6.07, 6.45) is 8.35. The molecular weight excluding hydrogens is 252 g/mol. The molecule has 0 bridgehead atoms. The van der Waals surface area contributed by atoms with Gasteiger partial charge in [0, 0.05) is 26.8 Å². The SMILES string of the molecule is O=C(O)C=Cc1ccc(CSC2CCCC2)s1. The molecule has 92 valence electrons. The fraction of sp³-hybridized carbons (Fsp3) is 0.462. The predicted molar refractivity (Wildman–Crippen MR) is 74.5 cm³/mol. The molecule has 0 aromatic carbocycles. The average molecular weight is 268 g/mol. The van der Waals surface area contributed by atoms with Crippen LogP contribution < -0.4 is 0 Å². The minimum atomic E-state index is -0.889. The molecule has 0 aliphatic heterocycles. The number of thiophene rings is 1. The summed E-state index contributed by atoms with van der Waals surface area (Å²) >= 11 is 3.73. The van der Waals surface area contributed by atoms with Gasteiger partial charge in [0.1, 0.15) is 0 Å². The van der Waals surface area contributed by atoms with Crippen LogP contribution in [0.4, 0.5) is 0 Å². The Labute approximate surface area is 110 Å². The maximum atomic E-state index is 10.4. The number of thioether (sulfide) groups is 1. The molecule has 1 aliphatic rings. The van der Waals surface area contributed by atoms with E-state index in [9.17, 15) is 4.79 Å². The first kappa shape index (κ1) is 12.7. The van der Waals surface area contributed by atoms with Crippen LogP contribution in [0.25, 0.3) is 6.08 Å². The van der Waals surface area contributed by atoms with Crippen molar-refractivity contribution < 1.29 is 9.90 Å². The molecule has 1 aromatic heterocycles. The number of carboxylic acids is 1. The van der Waals surface area contributed by atoms with Crippen molar-refractivity contribution >= 4 is 35.1 Å². The van der Waals surface area contributed by atoms with E-state index in [2.05, 4.69) is 6.07 Å². The largest absolute Gasteiger partial charge is 0.478 e. The van der Waals surface area contributed by atoms with E-state index in [4.69, 9.17) is 5.11 Å². The Morgan fingerprint density at radius 2 is 2.24 bits per heavy atom. The summed E-state index contributed by atoms with van der Waals surface area (Å²) in [6, 6.07) is 4.10. The van der Waals surface area contributed by atoms with E-state index in [1.807, 2.05) is 17.8 Å². The van der Waals surface area contributed by atoms with Gasteiger partial charge in [0.05, 0.1) is 0 Å². The molecule has 0 amide bonds. The van der Waals surface area contributed by atoms with Crippen LogP contribution in [0.1, 0.15) is 35.4 Å². The molecule has 0 saturated heterocycles. The highest BCUT2D eigenvalue weighted by Gasteiger charge is 2.15. The van der Waals surface area contributed by atoms with Gasteiger partial charge in [-0.1, -0.05) is 12.8 Å². The van der Waals surface area contributed by atoms with Gasteiger partial charge < -0.3 is 5.11 Å². The van der Waals surface area contributed by atoms with Gasteiger partial charge >= 0.3 is 5.97 Å². The molecule has 1 N–H and O–H groups in total. The van der Waals surface area contributed by atoms with E-state index in [-0.39, 0.29) is 0 Å². The molecule has 1 aromatic rings. The third kappa shape index (κ3) is 4.21. The number of hydrogen-bond donors (Lipinski definition) is 1. The molecule has 1 fully saturated rings. The quantitative estimate of drug-likeness (QED) is 0.819. The van der Waals surface area contributed by atoms with Gasteiger partial charge in [-0.25, -0.2) is 4.79 Å². The molecule has 0 atom stereocenters. The van der Waals surface area contributed by atoms with Gasteiger partial charge in [-0.15, -0.1) is 11.3 Å². The zero-order chi connectivity index (χ0) is 12.1. The number of aliphatic carboxylic acids is 1. The van der Waals surface area contributed by atoms with Crippen LogP contribution in [0.2, 0.25) is 0 Å². The second kappa shape index (κ2) is 6.26. The molecule has 17 heavy (non-hydrogen) atoms. The Morgan fingerprint density at radius 1 is 1.47 bits per heavy atom. The Kier molecular flexibility index (Phi) is 4.68. The highest BCUT2D eigenvalue weighted by molar-refractivity contribution is 7.99. The lowest BCUT2D eigenvalue weighted by Gasteiger charge is -2.06. The molecule has 0 spiro atoms. The molecule has 1 saturated carbocycles. The van der Waals surface area contributed by atoms with Crippen molar-refractivity contribution in [1.29, 1.82) is 0 Å². The topological polar surface area (TPSA) is 37.3 Å². The van der Waals surface area contributed by atoms with Gasteiger partial charge in [-0.2, -0.15) is 11.8 Å². The van der Waals surface area contributed by atoms with E-state index in [1.54, 1.807) is 17.4 Å². The Bertz CT molecular complexity index is 403. The maximum Gasteiger partial charge on any atom is 0.328 e. The molecular formula is C13H16O2S2. The molecule has 1 aliphatic carbocycles. The Morgan fingerprint density at radius 3 is 2.94 bits per heavy atom. The number of rotatable bonds is 5. The third-order valence-corrected chi connectivity index (χ3v) is 5.49. The highest BCUT2D eigenvalue weighted by Crippen LogP contribution is 2.33. The van der Waals surface area contributed by atoms with E-state index in [0.29, 0.717) is 0 Å². The predicted octanol–water partition coefficient (Wildman–Crippen LogP) is 4.02. The van der Waals surface area contributed by atoms with Crippen molar-refractivity contribution in [1.82, 2.24) is 0 Å². The summed E-state index contributed by atoms with van der Waals surface area (Å²) in [5.41, 5.74) is 0. The van der Waals surface area contributed by atoms with Crippen LogP contribution in [0.3, 0.4) is 0 Å². The van der Waals surface area contributed by atoms with Gasteiger partial charge in [0.25, 0.3) is 0 Å². The van der Waals surface area contributed by atoms with E-state index in [0.717, 1.165) is 15.9 Å². The van der Waals surface area contributed by atoms with Crippen molar-refractivity contribution in [2.45, 2.75) is 36.7 Å². The fourth-order valence-electron chi connectivity index (χ4n) is 1.97. The van der Waals surface area contributed by atoms with Crippen molar-refractivity contribution in [2.75, 3.05) is 0 Å².